The van der Waals surface area contributed by atoms with Gasteiger partial charge in [-0.05, 0) is 31.0 Å². The lowest BCUT2D eigenvalue weighted by Gasteiger charge is -2.15. The second-order valence-corrected chi connectivity index (χ2v) is 4.69. The highest BCUT2D eigenvalue weighted by atomic mass is 35.5. The Hall–Kier alpha value is -1.39. The third-order valence-electron chi connectivity index (χ3n) is 2.55. The Kier molecular flexibility index (Phi) is 3.99. The molecule has 0 saturated heterocycles. The van der Waals surface area contributed by atoms with Gasteiger partial charge in [-0.3, -0.25) is 0 Å². The van der Waals surface area contributed by atoms with E-state index in [1.807, 2.05) is 13.8 Å². The highest BCUT2D eigenvalue weighted by Crippen LogP contribution is 2.23. The molecule has 6 heteroatoms. The van der Waals surface area contributed by atoms with Crippen LogP contribution in [0.2, 0.25) is 10.4 Å². The van der Waals surface area contributed by atoms with Crippen LogP contribution in [-0.4, -0.2) is 15.2 Å². The standard InChI is InChI=1S/C12H12Cl2N4/c1-7-3-5-9(6-4-7)8(2)15-11-10(13)17-18-12(14)16-11/h3-6,8H,1-2H3,(H,15,16,18). The normalized spacial score (nSPS) is 12.2. The van der Waals surface area contributed by atoms with Gasteiger partial charge in [-0.1, -0.05) is 41.4 Å². The first kappa shape index (κ1) is 13.1. The first-order chi connectivity index (χ1) is 8.56. The predicted molar refractivity (Wildman–Crippen MR) is 73.1 cm³/mol. The summed E-state index contributed by atoms with van der Waals surface area (Å²) in [5, 5.41) is 10.7. The van der Waals surface area contributed by atoms with E-state index in [1.54, 1.807) is 0 Å². The van der Waals surface area contributed by atoms with Gasteiger partial charge in [0, 0.05) is 0 Å². The van der Waals surface area contributed by atoms with Crippen molar-refractivity contribution in [2.75, 3.05) is 5.32 Å². The zero-order valence-electron chi connectivity index (χ0n) is 9.98. The fourth-order valence-electron chi connectivity index (χ4n) is 1.53. The van der Waals surface area contributed by atoms with Crippen molar-refractivity contribution in [1.29, 1.82) is 0 Å². The third kappa shape index (κ3) is 3.09. The third-order valence-corrected chi connectivity index (χ3v) is 2.97. The van der Waals surface area contributed by atoms with Gasteiger partial charge in [0.05, 0.1) is 6.04 Å². The Balaban J connectivity index is 2.18. The van der Waals surface area contributed by atoms with Crippen molar-refractivity contribution >= 4 is 29.0 Å². The van der Waals surface area contributed by atoms with Crippen LogP contribution in [-0.2, 0) is 0 Å². The summed E-state index contributed by atoms with van der Waals surface area (Å²) in [5.41, 5.74) is 2.35. The monoisotopic (exact) mass is 282 g/mol. The van der Waals surface area contributed by atoms with Crippen LogP contribution >= 0.6 is 23.2 Å². The number of rotatable bonds is 3. The maximum atomic E-state index is 5.90. The minimum absolute atomic E-state index is 0.0517. The highest BCUT2D eigenvalue weighted by molar-refractivity contribution is 6.32. The molecule has 0 amide bonds. The molecular weight excluding hydrogens is 271 g/mol. The number of anilines is 1. The van der Waals surface area contributed by atoms with E-state index in [0.29, 0.717) is 5.82 Å². The van der Waals surface area contributed by atoms with Crippen LogP contribution in [0.5, 0.6) is 0 Å². The minimum Gasteiger partial charge on any atom is -0.361 e. The maximum absolute atomic E-state index is 5.90. The smallest absolute Gasteiger partial charge is 0.245 e. The van der Waals surface area contributed by atoms with Gasteiger partial charge in [-0.2, -0.15) is 4.98 Å². The predicted octanol–water partition coefficient (Wildman–Crippen LogP) is 3.66. The van der Waals surface area contributed by atoms with Gasteiger partial charge in [-0.15, -0.1) is 10.2 Å². The van der Waals surface area contributed by atoms with Crippen LogP contribution in [0.15, 0.2) is 24.3 Å². The molecular formula is C12H12Cl2N4. The summed E-state index contributed by atoms with van der Waals surface area (Å²) < 4.78 is 0. The molecule has 0 bridgehead atoms. The fraction of sp³-hybridized carbons (Fsp3) is 0.250. The Bertz CT molecular complexity index is 542. The van der Waals surface area contributed by atoms with Crippen LogP contribution in [0.25, 0.3) is 0 Å². The summed E-state index contributed by atoms with van der Waals surface area (Å²) in [6.07, 6.45) is 0. The van der Waals surface area contributed by atoms with E-state index in [1.165, 1.54) is 5.56 Å². The molecule has 0 saturated carbocycles. The van der Waals surface area contributed by atoms with Gasteiger partial charge in [0.2, 0.25) is 5.28 Å². The minimum atomic E-state index is 0.0517. The van der Waals surface area contributed by atoms with E-state index in [9.17, 15) is 0 Å². The molecule has 1 heterocycles. The summed E-state index contributed by atoms with van der Waals surface area (Å²) in [5.74, 6) is 0.435. The van der Waals surface area contributed by atoms with Gasteiger partial charge >= 0.3 is 0 Å². The van der Waals surface area contributed by atoms with E-state index < -0.39 is 0 Å². The van der Waals surface area contributed by atoms with Gasteiger partial charge in [0.25, 0.3) is 0 Å². The summed E-state index contributed by atoms with van der Waals surface area (Å²) in [6, 6.07) is 8.27. The molecule has 0 aliphatic rings. The number of hydrogen-bond acceptors (Lipinski definition) is 4. The molecule has 0 aliphatic heterocycles. The molecule has 1 aromatic carbocycles. The molecule has 1 unspecified atom stereocenters. The van der Waals surface area contributed by atoms with E-state index >= 15 is 0 Å². The Labute approximate surface area is 115 Å². The largest absolute Gasteiger partial charge is 0.361 e. The van der Waals surface area contributed by atoms with Crippen molar-refractivity contribution in [3.8, 4) is 0 Å². The van der Waals surface area contributed by atoms with Gasteiger partial charge in [-0.25, -0.2) is 0 Å². The summed E-state index contributed by atoms with van der Waals surface area (Å²) >= 11 is 11.6. The molecule has 1 aromatic heterocycles. The number of aryl methyl sites for hydroxylation is 1. The average molecular weight is 283 g/mol. The first-order valence-corrected chi connectivity index (χ1v) is 6.20. The molecule has 2 aromatic rings. The lowest BCUT2D eigenvalue weighted by molar-refractivity contribution is 0.858. The topological polar surface area (TPSA) is 50.7 Å². The number of aromatic nitrogens is 3. The second kappa shape index (κ2) is 5.50. The summed E-state index contributed by atoms with van der Waals surface area (Å²) in [6.45, 7) is 4.06. The van der Waals surface area contributed by atoms with E-state index in [0.717, 1.165) is 5.56 Å². The van der Waals surface area contributed by atoms with Crippen molar-refractivity contribution in [2.45, 2.75) is 19.9 Å². The molecule has 0 fully saturated rings. The molecule has 18 heavy (non-hydrogen) atoms. The molecule has 2 rings (SSSR count). The van der Waals surface area contributed by atoms with Gasteiger partial charge in [0.15, 0.2) is 11.0 Å². The summed E-state index contributed by atoms with van der Waals surface area (Å²) in [4.78, 5) is 4.00. The SMILES string of the molecule is Cc1ccc(C(C)Nc2nc(Cl)nnc2Cl)cc1. The van der Waals surface area contributed by atoms with Crippen molar-refractivity contribution in [1.82, 2.24) is 15.2 Å². The number of nitrogens with zero attached hydrogens (tertiary/aromatic N) is 3. The van der Waals surface area contributed by atoms with E-state index in [4.69, 9.17) is 23.2 Å². The average Bonchev–Trinajstić information content (AvgIpc) is 2.34. The Morgan fingerprint density at radius 3 is 2.44 bits per heavy atom. The quantitative estimate of drug-likeness (QED) is 0.934. The van der Waals surface area contributed by atoms with E-state index in [-0.39, 0.29) is 16.5 Å². The molecule has 0 aliphatic carbocycles. The molecule has 4 nitrogen and oxygen atoms in total. The van der Waals surface area contributed by atoms with Crippen molar-refractivity contribution in [3.05, 3.63) is 45.8 Å². The number of halogens is 2. The zero-order valence-corrected chi connectivity index (χ0v) is 11.5. The van der Waals surface area contributed by atoms with Crippen LogP contribution in [0.1, 0.15) is 24.1 Å². The molecule has 1 N–H and O–H groups in total. The Morgan fingerprint density at radius 1 is 1.11 bits per heavy atom. The number of nitrogens with one attached hydrogen (secondary N) is 1. The fourth-order valence-corrected chi connectivity index (χ4v) is 1.79. The van der Waals surface area contributed by atoms with Crippen molar-refractivity contribution < 1.29 is 0 Å². The van der Waals surface area contributed by atoms with Crippen molar-refractivity contribution in [3.63, 3.8) is 0 Å². The highest BCUT2D eigenvalue weighted by Gasteiger charge is 2.10. The zero-order chi connectivity index (χ0) is 13.1. The maximum Gasteiger partial charge on any atom is 0.245 e. The number of hydrogen-bond donors (Lipinski definition) is 1. The van der Waals surface area contributed by atoms with Gasteiger partial charge < -0.3 is 5.32 Å². The lowest BCUT2D eigenvalue weighted by Crippen LogP contribution is -2.09. The lowest BCUT2D eigenvalue weighted by atomic mass is 10.1. The molecule has 94 valence electrons. The van der Waals surface area contributed by atoms with Crippen LogP contribution < -0.4 is 5.32 Å². The Morgan fingerprint density at radius 2 is 1.78 bits per heavy atom. The van der Waals surface area contributed by atoms with Crippen molar-refractivity contribution in [2.24, 2.45) is 0 Å². The van der Waals surface area contributed by atoms with Crippen LogP contribution in [0, 0.1) is 6.92 Å². The van der Waals surface area contributed by atoms with Gasteiger partial charge in [0.1, 0.15) is 0 Å². The van der Waals surface area contributed by atoms with Crippen LogP contribution in [0.4, 0.5) is 5.82 Å². The van der Waals surface area contributed by atoms with E-state index in [2.05, 4.69) is 44.8 Å². The van der Waals surface area contributed by atoms with Crippen LogP contribution in [0.3, 0.4) is 0 Å². The number of benzene rings is 1. The molecule has 0 spiro atoms. The molecule has 1 atom stereocenters. The first-order valence-electron chi connectivity index (χ1n) is 5.45. The second-order valence-electron chi connectivity index (χ2n) is 4.00. The summed E-state index contributed by atoms with van der Waals surface area (Å²) in [7, 11) is 0. The molecule has 0 radical (unpaired) electrons.